The zero-order valence-corrected chi connectivity index (χ0v) is 8.29. The molecule has 2 heterocycles. The lowest BCUT2D eigenvalue weighted by molar-refractivity contribution is 1.11. The van der Waals surface area contributed by atoms with E-state index in [-0.39, 0.29) is 0 Å². The van der Waals surface area contributed by atoms with Gasteiger partial charge in [-0.2, -0.15) is 0 Å². The third kappa shape index (κ3) is 1.82. The van der Waals surface area contributed by atoms with Crippen LogP contribution in [0, 0.1) is 0 Å². The largest absolute Gasteiger partial charge is 0.396 e. The maximum absolute atomic E-state index is 5.65. The first-order valence-corrected chi connectivity index (χ1v) is 5.02. The molecule has 4 N–H and O–H groups in total. The van der Waals surface area contributed by atoms with Gasteiger partial charge in [0.05, 0.1) is 10.7 Å². The summed E-state index contributed by atoms with van der Waals surface area (Å²) in [6.07, 6.45) is 4.27. The van der Waals surface area contributed by atoms with Crippen molar-refractivity contribution in [1.29, 1.82) is 0 Å². The van der Waals surface area contributed by atoms with Crippen molar-refractivity contribution in [3.8, 4) is 0 Å². The molecule has 0 amide bonds. The predicted octanol–water partition coefficient (Wildman–Crippen LogP) is 1.29. The van der Waals surface area contributed by atoms with Gasteiger partial charge in [-0.3, -0.25) is 0 Å². The molecule has 0 aliphatic carbocycles. The molecule has 0 bridgehead atoms. The molecule has 5 heteroatoms. The molecular formula is C9H10N4S. The highest BCUT2D eigenvalue weighted by Gasteiger charge is 2.01. The van der Waals surface area contributed by atoms with Gasteiger partial charge < -0.3 is 11.5 Å². The van der Waals surface area contributed by atoms with E-state index in [1.165, 1.54) is 0 Å². The summed E-state index contributed by atoms with van der Waals surface area (Å²) in [5.74, 6) is 0.382. The fourth-order valence-electron chi connectivity index (χ4n) is 1.15. The Morgan fingerprint density at radius 2 is 2.14 bits per heavy atom. The van der Waals surface area contributed by atoms with E-state index in [0.717, 1.165) is 17.0 Å². The third-order valence-corrected chi connectivity index (χ3v) is 2.62. The molecule has 2 rings (SSSR count). The van der Waals surface area contributed by atoms with Crippen molar-refractivity contribution in [1.82, 2.24) is 9.97 Å². The molecule has 0 aliphatic rings. The Morgan fingerprint density at radius 3 is 2.79 bits per heavy atom. The topological polar surface area (TPSA) is 77.8 Å². The van der Waals surface area contributed by atoms with Gasteiger partial charge in [0.25, 0.3) is 0 Å². The van der Waals surface area contributed by atoms with Crippen LogP contribution < -0.4 is 11.5 Å². The van der Waals surface area contributed by atoms with Gasteiger partial charge in [0, 0.05) is 24.2 Å². The Balaban J connectivity index is 2.22. The number of hydrogen-bond donors (Lipinski definition) is 2. The zero-order valence-electron chi connectivity index (χ0n) is 7.47. The lowest BCUT2D eigenvalue weighted by atomic mass is 10.2. The minimum Gasteiger partial charge on any atom is -0.396 e. The molecule has 0 saturated carbocycles. The molecule has 0 aromatic carbocycles. The number of aromatic nitrogens is 2. The molecule has 0 unspecified atom stereocenters. The molecule has 0 atom stereocenters. The fourth-order valence-corrected chi connectivity index (χ4v) is 1.80. The van der Waals surface area contributed by atoms with Crippen LogP contribution in [-0.2, 0) is 6.42 Å². The minimum atomic E-state index is 0.382. The standard InChI is InChI=1S/C9H10N4S/c10-7-3-6(5-13-9(7)11)4-8-12-1-2-14-8/h1-3,5H,4,10H2,(H2,11,13). The number of hydrogen-bond acceptors (Lipinski definition) is 5. The molecule has 4 nitrogen and oxygen atoms in total. The third-order valence-electron chi connectivity index (χ3n) is 1.84. The van der Waals surface area contributed by atoms with Crippen LogP contribution in [0.4, 0.5) is 11.5 Å². The van der Waals surface area contributed by atoms with Crippen molar-refractivity contribution in [3.63, 3.8) is 0 Å². The van der Waals surface area contributed by atoms with E-state index in [1.807, 2.05) is 11.4 Å². The lowest BCUT2D eigenvalue weighted by Crippen LogP contribution is -1.99. The average Bonchev–Trinajstić information content (AvgIpc) is 2.64. The van der Waals surface area contributed by atoms with Gasteiger partial charge in [0.15, 0.2) is 0 Å². The first-order chi connectivity index (χ1) is 6.75. The van der Waals surface area contributed by atoms with E-state index in [2.05, 4.69) is 9.97 Å². The Hall–Kier alpha value is -1.62. The van der Waals surface area contributed by atoms with Gasteiger partial charge in [-0.25, -0.2) is 9.97 Å². The number of nitrogens with zero attached hydrogens (tertiary/aromatic N) is 2. The van der Waals surface area contributed by atoms with Crippen molar-refractivity contribution in [3.05, 3.63) is 34.4 Å². The summed E-state index contributed by atoms with van der Waals surface area (Å²) in [6, 6.07) is 1.84. The van der Waals surface area contributed by atoms with Crippen LogP contribution in [0.1, 0.15) is 10.6 Å². The van der Waals surface area contributed by atoms with E-state index in [1.54, 1.807) is 23.7 Å². The van der Waals surface area contributed by atoms with Gasteiger partial charge in [-0.1, -0.05) is 0 Å². The first-order valence-electron chi connectivity index (χ1n) is 4.14. The zero-order chi connectivity index (χ0) is 9.97. The number of thiazole rings is 1. The quantitative estimate of drug-likeness (QED) is 0.776. The van der Waals surface area contributed by atoms with E-state index < -0.39 is 0 Å². The van der Waals surface area contributed by atoms with Gasteiger partial charge in [-0.15, -0.1) is 11.3 Å². The SMILES string of the molecule is Nc1cc(Cc2nccs2)cnc1N. The molecular weight excluding hydrogens is 196 g/mol. The Morgan fingerprint density at radius 1 is 1.29 bits per heavy atom. The highest BCUT2D eigenvalue weighted by atomic mass is 32.1. The second kappa shape index (κ2) is 3.63. The first kappa shape index (κ1) is 8.96. The lowest BCUT2D eigenvalue weighted by Gasteiger charge is -2.01. The summed E-state index contributed by atoms with van der Waals surface area (Å²) >= 11 is 1.62. The van der Waals surface area contributed by atoms with Crippen LogP contribution in [0.3, 0.4) is 0 Å². The maximum Gasteiger partial charge on any atom is 0.146 e. The number of nitrogens with two attached hydrogens (primary N) is 2. The summed E-state index contributed by atoms with van der Waals surface area (Å²) in [5.41, 5.74) is 12.7. The van der Waals surface area contributed by atoms with Crippen LogP contribution in [0.2, 0.25) is 0 Å². The summed E-state index contributed by atoms with van der Waals surface area (Å²) in [5, 5.41) is 3.00. The van der Waals surface area contributed by atoms with E-state index >= 15 is 0 Å². The molecule has 0 spiro atoms. The molecule has 2 aromatic rings. The summed E-state index contributed by atoms with van der Waals surface area (Å²) in [7, 11) is 0. The minimum absolute atomic E-state index is 0.382. The summed E-state index contributed by atoms with van der Waals surface area (Å²) < 4.78 is 0. The Labute approximate surface area is 85.6 Å². The van der Waals surface area contributed by atoms with Crippen LogP contribution >= 0.6 is 11.3 Å². The van der Waals surface area contributed by atoms with Gasteiger partial charge in [-0.05, 0) is 11.6 Å². The smallest absolute Gasteiger partial charge is 0.146 e. The maximum atomic E-state index is 5.65. The van der Waals surface area contributed by atoms with Crippen LogP contribution in [0.5, 0.6) is 0 Å². The molecule has 72 valence electrons. The van der Waals surface area contributed by atoms with Crippen molar-refractivity contribution in [2.75, 3.05) is 11.5 Å². The number of anilines is 2. The van der Waals surface area contributed by atoms with Crippen LogP contribution in [0.25, 0.3) is 0 Å². The van der Waals surface area contributed by atoms with E-state index in [0.29, 0.717) is 11.5 Å². The van der Waals surface area contributed by atoms with Crippen molar-refractivity contribution in [2.24, 2.45) is 0 Å². The summed E-state index contributed by atoms with van der Waals surface area (Å²) in [4.78, 5) is 8.17. The number of pyridine rings is 1. The molecule has 14 heavy (non-hydrogen) atoms. The average molecular weight is 206 g/mol. The van der Waals surface area contributed by atoms with Crippen molar-refractivity contribution >= 4 is 22.8 Å². The highest BCUT2D eigenvalue weighted by Crippen LogP contribution is 2.16. The second-order valence-corrected chi connectivity index (χ2v) is 3.90. The highest BCUT2D eigenvalue weighted by molar-refractivity contribution is 7.09. The van der Waals surface area contributed by atoms with Crippen molar-refractivity contribution in [2.45, 2.75) is 6.42 Å². The molecule has 0 aliphatic heterocycles. The van der Waals surface area contributed by atoms with E-state index in [9.17, 15) is 0 Å². The Kier molecular flexibility index (Phi) is 2.32. The fraction of sp³-hybridized carbons (Fsp3) is 0.111. The van der Waals surface area contributed by atoms with Crippen LogP contribution in [-0.4, -0.2) is 9.97 Å². The molecule has 0 radical (unpaired) electrons. The molecule has 0 saturated heterocycles. The van der Waals surface area contributed by atoms with Gasteiger partial charge in [0.2, 0.25) is 0 Å². The van der Waals surface area contributed by atoms with Crippen molar-refractivity contribution < 1.29 is 0 Å². The van der Waals surface area contributed by atoms with Gasteiger partial charge >= 0.3 is 0 Å². The normalized spacial score (nSPS) is 10.3. The van der Waals surface area contributed by atoms with Crippen LogP contribution in [0.15, 0.2) is 23.8 Å². The summed E-state index contributed by atoms with van der Waals surface area (Å²) in [6.45, 7) is 0. The van der Waals surface area contributed by atoms with E-state index in [4.69, 9.17) is 11.5 Å². The molecule has 2 aromatic heterocycles. The molecule has 0 fully saturated rings. The van der Waals surface area contributed by atoms with Gasteiger partial charge in [0.1, 0.15) is 5.82 Å². The predicted molar refractivity (Wildman–Crippen MR) is 58.0 cm³/mol. The number of rotatable bonds is 2. The second-order valence-electron chi connectivity index (χ2n) is 2.92. The monoisotopic (exact) mass is 206 g/mol. The Bertz CT molecular complexity index is 424. The number of nitrogen functional groups attached to an aromatic ring is 2.